The zero-order chi connectivity index (χ0) is 16.4. The third-order valence-corrected chi connectivity index (χ3v) is 4.52. The maximum Gasteiger partial charge on any atom is 0.225 e. The van der Waals surface area contributed by atoms with Crippen LogP contribution in [0.2, 0.25) is 0 Å². The molecule has 1 amide bonds. The molecular formula is C17H20N4O3. The minimum Gasteiger partial charge on any atom is -0.381 e. The van der Waals surface area contributed by atoms with Gasteiger partial charge in [-0.1, -0.05) is 35.5 Å². The number of hydrogen-bond acceptors (Lipinski definition) is 5. The highest BCUT2D eigenvalue weighted by Crippen LogP contribution is 2.24. The van der Waals surface area contributed by atoms with Crippen LogP contribution < -0.4 is 5.32 Å². The number of carbonyl (C=O) groups excluding carboxylic acids is 1. The van der Waals surface area contributed by atoms with Crippen molar-refractivity contribution in [2.75, 3.05) is 19.8 Å². The average molecular weight is 328 g/mol. The van der Waals surface area contributed by atoms with E-state index in [2.05, 4.69) is 15.6 Å². The van der Waals surface area contributed by atoms with Crippen molar-refractivity contribution in [1.82, 2.24) is 20.3 Å². The third kappa shape index (κ3) is 3.05. The van der Waals surface area contributed by atoms with Crippen LogP contribution in [0, 0.1) is 5.92 Å². The lowest BCUT2D eigenvalue weighted by molar-refractivity contribution is -0.126. The van der Waals surface area contributed by atoms with Gasteiger partial charge < -0.3 is 14.8 Å². The SMILES string of the molecule is O=C(NCC1Cn2nnc(-c3ccccc3)c2CO1)C1CCOC1. The molecule has 2 aliphatic rings. The Balaban J connectivity index is 1.38. The van der Waals surface area contributed by atoms with Gasteiger partial charge in [0.25, 0.3) is 0 Å². The molecule has 1 fully saturated rings. The molecule has 2 aliphatic heterocycles. The average Bonchev–Trinajstić information content (AvgIpc) is 3.30. The summed E-state index contributed by atoms with van der Waals surface area (Å²) in [7, 11) is 0. The second-order valence-corrected chi connectivity index (χ2v) is 6.17. The van der Waals surface area contributed by atoms with Gasteiger partial charge >= 0.3 is 0 Å². The molecule has 1 saturated heterocycles. The van der Waals surface area contributed by atoms with Crippen LogP contribution in [-0.2, 0) is 27.4 Å². The Morgan fingerprint density at radius 2 is 2.21 bits per heavy atom. The third-order valence-electron chi connectivity index (χ3n) is 4.52. The summed E-state index contributed by atoms with van der Waals surface area (Å²) >= 11 is 0. The fourth-order valence-corrected chi connectivity index (χ4v) is 3.11. The Bertz CT molecular complexity index is 710. The largest absolute Gasteiger partial charge is 0.381 e. The summed E-state index contributed by atoms with van der Waals surface area (Å²) in [5, 5.41) is 11.5. The van der Waals surface area contributed by atoms with Gasteiger partial charge in [0.15, 0.2) is 0 Å². The fourth-order valence-electron chi connectivity index (χ4n) is 3.11. The zero-order valence-corrected chi connectivity index (χ0v) is 13.4. The first-order valence-electron chi connectivity index (χ1n) is 8.26. The van der Waals surface area contributed by atoms with E-state index in [-0.39, 0.29) is 17.9 Å². The van der Waals surface area contributed by atoms with Gasteiger partial charge in [0.2, 0.25) is 5.91 Å². The summed E-state index contributed by atoms with van der Waals surface area (Å²) in [6.07, 6.45) is 0.708. The van der Waals surface area contributed by atoms with Gasteiger partial charge in [-0.25, -0.2) is 4.68 Å². The summed E-state index contributed by atoms with van der Waals surface area (Å²) in [5.41, 5.74) is 2.88. The van der Waals surface area contributed by atoms with Crippen molar-refractivity contribution in [2.24, 2.45) is 5.92 Å². The summed E-state index contributed by atoms with van der Waals surface area (Å²) in [5.74, 6) is 0.0191. The molecular weight excluding hydrogens is 308 g/mol. The van der Waals surface area contributed by atoms with Gasteiger partial charge in [0.05, 0.1) is 37.5 Å². The lowest BCUT2D eigenvalue weighted by Crippen LogP contribution is -2.41. The molecule has 0 aliphatic carbocycles. The molecule has 0 saturated carbocycles. The Morgan fingerprint density at radius 3 is 3.00 bits per heavy atom. The Hall–Kier alpha value is -2.25. The number of aromatic nitrogens is 3. The van der Waals surface area contributed by atoms with E-state index < -0.39 is 0 Å². The Labute approximate surface area is 139 Å². The van der Waals surface area contributed by atoms with E-state index in [1.165, 1.54) is 0 Å². The summed E-state index contributed by atoms with van der Waals surface area (Å²) in [6, 6.07) is 9.97. The molecule has 1 aromatic heterocycles. The molecule has 4 rings (SSSR count). The molecule has 7 heteroatoms. The van der Waals surface area contributed by atoms with E-state index >= 15 is 0 Å². The van der Waals surface area contributed by atoms with Crippen LogP contribution in [0.25, 0.3) is 11.3 Å². The molecule has 1 N–H and O–H groups in total. The predicted molar refractivity (Wildman–Crippen MR) is 86.0 cm³/mol. The number of nitrogens with zero attached hydrogens (tertiary/aromatic N) is 3. The first-order chi connectivity index (χ1) is 11.8. The number of amides is 1. The van der Waals surface area contributed by atoms with E-state index in [0.29, 0.717) is 32.9 Å². The van der Waals surface area contributed by atoms with Crippen molar-refractivity contribution in [3.8, 4) is 11.3 Å². The number of fused-ring (bicyclic) bond motifs is 1. The number of benzene rings is 1. The van der Waals surface area contributed by atoms with Gasteiger partial charge in [-0.2, -0.15) is 0 Å². The highest BCUT2D eigenvalue weighted by Gasteiger charge is 2.27. The molecule has 2 atom stereocenters. The van der Waals surface area contributed by atoms with E-state index in [1.54, 1.807) is 0 Å². The quantitative estimate of drug-likeness (QED) is 0.906. The molecule has 0 spiro atoms. The second-order valence-electron chi connectivity index (χ2n) is 6.17. The van der Waals surface area contributed by atoms with Crippen LogP contribution in [0.3, 0.4) is 0 Å². The van der Waals surface area contributed by atoms with Gasteiger partial charge in [0, 0.05) is 18.7 Å². The van der Waals surface area contributed by atoms with Crippen LogP contribution in [-0.4, -0.2) is 46.8 Å². The molecule has 2 unspecified atom stereocenters. The Morgan fingerprint density at radius 1 is 1.33 bits per heavy atom. The lowest BCUT2D eigenvalue weighted by Gasteiger charge is -2.24. The summed E-state index contributed by atoms with van der Waals surface area (Å²) in [6.45, 7) is 2.71. The second kappa shape index (κ2) is 6.70. The van der Waals surface area contributed by atoms with Crippen molar-refractivity contribution in [2.45, 2.75) is 25.7 Å². The van der Waals surface area contributed by atoms with Crippen LogP contribution in [0.15, 0.2) is 30.3 Å². The van der Waals surface area contributed by atoms with E-state index in [0.717, 1.165) is 23.4 Å². The van der Waals surface area contributed by atoms with Crippen LogP contribution >= 0.6 is 0 Å². The van der Waals surface area contributed by atoms with Crippen LogP contribution in [0.4, 0.5) is 0 Å². The molecule has 0 radical (unpaired) electrons. The van der Waals surface area contributed by atoms with Gasteiger partial charge in [0.1, 0.15) is 5.69 Å². The molecule has 2 aromatic rings. The molecule has 1 aromatic carbocycles. The summed E-state index contributed by atoms with van der Waals surface area (Å²) in [4.78, 5) is 12.0. The van der Waals surface area contributed by atoms with E-state index in [9.17, 15) is 4.79 Å². The van der Waals surface area contributed by atoms with Crippen molar-refractivity contribution in [3.05, 3.63) is 36.0 Å². The standard InChI is InChI=1S/C17H20N4O3/c22-17(13-6-7-23-10-13)18-8-14-9-21-15(11-24-14)16(19-20-21)12-4-2-1-3-5-12/h1-5,13-14H,6-11H2,(H,18,22). The van der Waals surface area contributed by atoms with Crippen molar-refractivity contribution < 1.29 is 14.3 Å². The van der Waals surface area contributed by atoms with E-state index in [4.69, 9.17) is 9.47 Å². The minimum absolute atomic E-state index is 0.0276. The molecule has 3 heterocycles. The maximum atomic E-state index is 12.0. The Kier molecular flexibility index (Phi) is 4.27. The normalized spacial score (nSPS) is 23.0. The van der Waals surface area contributed by atoms with Gasteiger partial charge in [-0.3, -0.25) is 4.79 Å². The van der Waals surface area contributed by atoms with Crippen molar-refractivity contribution in [3.63, 3.8) is 0 Å². The summed E-state index contributed by atoms with van der Waals surface area (Å²) < 4.78 is 13.0. The zero-order valence-electron chi connectivity index (χ0n) is 13.4. The fraction of sp³-hybridized carbons (Fsp3) is 0.471. The molecule has 7 nitrogen and oxygen atoms in total. The number of carbonyl (C=O) groups is 1. The van der Waals surface area contributed by atoms with Gasteiger partial charge in [-0.05, 0) is 6.42 Å². The number of hydrogen-bond donors (Lipinski definition) is 1. The number of ether oxygens (including phenoxy) is 2. The number of nitrogens with one attached hydrogen (secondary N) is 1. The minimum atomic E-state index is -0.0888. The monoisotopic (exact) mass is 328 g/mol. The number of rotatable bonds is 4. The molecule has 24 heavy (non-hydrogen) atoms. The molecule has 126 valence electrons. The van der Waals surface area contributed by atoms with Crippen LogP contribution in [0.1, 0.15) is 12.1 Å². The highest BCUT2D eigenvalue weighted by atomic mass is 16.5. The highest BCUT2D eigenvalue weighted by molar-refractivity contribution is 5.79. The van der Waals surface area contributed by atoms with Crippen molar-refractivity contribution >= 4 is 5.91 Å². The predicted octanol–water partition coefficient (Wildman–Crippen LogP) is 0.997. The van der Waals surface area contributed by atoms with E-state index in [1.807, 2.05) is 35.0 Å². The van der Waals surface area contributed by atoms with Crippen LogP contribution in [0.5, 0.6) is 0 Å². The lowest BCUT2D eigenvalue weighted by atomic mass is 10.1. The molecule has 0 bridgehead atoms. The van der Waals surface area contributed by atoms with Crippen molar-refractivity contribution in [1.29, 1.82) is 0 Å². The maximum absolute atomic E-state index is 12.0. The first-order valence-corrected chi connectivity index (χ1v) is 8.26. The van der Waals surface area contributed by atoms with Gasteiger partial charge in [-0.15, -0.1) is 5.10 Å². The topological polar surface area (TPSA) is 78.3 Å². The smallest absolute Gasteiger partial charge is 0.225 e. The first kappa shape index (κ1) is 15.3.